The van der Waals surface area contributed by atoms with E-state index in [0.29, 0.717) is 11.6 Å². The first-order chi connectivity index (χ1) is 10.7. The standard InChI is InChI=1S/C16H17FN4S/c1-12(16-19-4-9-22-16)20-5-7-21(8-6-20)15-3-2-14(17)10-13(15)11-18/h2-4,9-10,12H,5-8H2,1H3. The molecular weight excluding hydrogens is 299 g/mol. The van der Waals surface area contributed by atoms with Crippen LogP contribution >= 0.6 is 11.3 Å². The van der Waals surface area contributed by atoms with Gasteiger partial charge in [0, 0.05) is 37.8 Å². The molecule has 1 fully saturated rings. The lowest BCUT2D eigenvalue weighted by atomic mass is 10.1. The highest BCUT2D eigenvalue weighted by Gasteiger charge is 2.24. The number of benzene rings is 1. The van der Waals surface area contributed by atoms with Crippen molar-refractivity contribution in [2.75, 3.05) is 31.1 Å². The Morgan fingerprint density at radius 3 is 2.73 bits per heavy atom. The van der Waals surface area contributed by atoms with Crippen LogP contribution in [0.15, 0.2) is 29.8 Å². The van der Waals surface area contributed by atoms with Gasteiger partial charge in [-0.1, -0.05) is 0 Å². The number of rotatable bonds is 3. The van der Waals surface area contributed by atoms with Crippen LogP contribution < -0.4 is 4.90 Å². The van der Waals surface area contributed by atoms with Crippen molar-refractivity contribution >= 4 is 17.0 Å². The lowest BCUT2D eigenvalue weighted by Gasteiger charge is -2.38. The molecular formula is C16H17FN4S. The van der Waals surface area contributed by atoms with Gasteiger partial charge in [0.15, 0.2) is 0 Å². The summed E-state index contributed by atoms with van der Waals surface area (Å²) in [5.74, 6) is -0.365. The van der Waals surface area contributed by atoms with Crippen LogP contribution in [0.25, 0.3) is 0 Å². The Morgan fingerprint density at radius 2 is 2.09 bits per heavy atom. The molecule has 0 spiro atoms. The van der Waals surface area contributed by atoms with E-state index in [1.165, 1.54) is 12.1 Å². The van der Waals surface area contributed by atoms with Crippen LogP contribution in [0, 0.1) is 17.1 Å². The summed E-state index contributed by atoms with van der Waals surface area (Å²) in [4.78, 5) is 8.93. The van der Waals surface area contributed by atoms with Crippen molar-refractivity contribution in [3.63, 3.8) is 0 Å². The number of hydrogen-bond donors (Lipinski definition) is 0. The molecule has 0 aliphatic carbocycles. The summed E-state index contributed by atoms with van der Waals surface area (Å²) in [6.07, 6.45) is 1.84. The van der Waals surface area contributed by atoms with Gasteiger partial charge in [-0.25, -0.2) is 9.37 Å². The van der Waals surface area contributed by atoms with Gasteiger partial charge in [0.1, 0.15) is 16.9 Å². The maximum atomic E-state index is 13.2. The SMILES string of the molecule is CC(c1nccs1)N1CCN(c2ccc(F)cc2C#N)CC1. The molecule has 114 valence electrons. The fraction of sp³-hybridized carbons (Fsp3) is 0.375. The molecule has 0 radical (unpaired) electrons. The van der Waals surface area contributed by atoms with E-state index in [0.717, 1.165) is 36.9 Å². The fourth-order valence-corrected chi connectivity index (χ4v) is 3.55. The van der Waals surface area contributed by atoms with Crippen LogP contribution in [0.3, 0.4) is 0 Å². The molecule has 0 N–H and O–H groups in total. The molecule has 1 aromatic carbocycles. The zero-order valence-corrected chi connectivity index (χ0v) is 13.2. The van der Waals surface area contributed by atoms with Crippen molar-refractivity contribution in [1.82, 2.24) is 9.88 Å². The molecule has 2 aromatic rings. The average Bonchev–Trinajstić information content (AvgIpc) is 3.08. The highest BCUT2D eigenvalue weighted by molar-refractivity contribution is 7.09. The summed E-state index contributed by atoms with van der Waals surface area (Å²) in [5.41, 5.74) is 1.23. The maximum Gasteiger partial charge on any atom is 0.124 e. The molecule has 3 rings (SSSR count). The van der Waals surface area contributed by atoms with Gasteiger partial charge in [0.25, 0.3) is 0 Å². The quantitative estimate of drug-likeness (QED) is 0.873. The molecule has 6 heteroatoms. The largest absolute Gasteiger partial charge is 0.368 e. The molecule has 0 saturated carbocycles. The molecule has 1 aromatic heterocycles. The molecule has 22 heavy (non-hydrogen) atoms. The van der Waals surface area contributed by atoms with E-state index < -0.39 is 0 Å². The molecule has 0 amide bonds. The summed E-state index contributed by atoms with van der Waals surface area (Å²) in [6, 6.07) is 6.82. The number of anilines is 1. The van der Waals surface area contributed by atoms with Crippen LogP contribution in [0.5, 0.6) is 0 Å². The van der Waals surface area contributed by atoms with Gasteiger partial charge >= 0.3 is 0 Å². The number of nitrogens with zero attached hydrogens (tertiary/aromatic N) is 4. The van der Waals surface area contributed by atoms with E-state index in [9.17, 15) is 9.65 Å². The number of hydrogen-bond acceptors (Lipinski definition) is 5. The minimum absolute atomic E-state index is 0.311. The number of halogens is 1. The Bertz CT molecular complexity index is 672. The molecule has 4 nitrogen and oxygen atoms in total. The number of piperazine rings is 1. The second-order valence-corrected chi connectivity index (χ2v) is 6.27. The van der Waals surface area contributed by atoms with Gasteiger partial charge in [0.05, 0.1) is 17.3 Å². The molecule has 1 saturated heterocycles. The predicted octanol–water partition coefficient (Wildman–Crippen LogP) is 3.04. The molecule has 2 heterocycles. The summed E-state index contributed by atoms with van der Waals surface area (Å²) in [5, 5.41) is 12.3. The summed E-state index contributed by atoms with van der Waals surface area (Å²) < 4.78 is 13.2. The van der Waals surface area contributed by atoms with Crippen molar-refractivity contribution in [2.45, 2.75) is 13.0 Å². The van der Waals surface area contributed by atoms with Crippen LogP contribution in [-0.4, -0.2) is 36.1 Å². The third-order valence-corrected chi connectivity index (χ3v) is 5.04. The Balaban J connectivity index is 1.68. The van der Waals surface area contributed by atoms with Gasteiger partial charge in [-0.2, -0.15) is 5.26 Å². The zero-order chi connectivity index (χ0) is 15.5. The Hall–Kier alpha value is -1.97. The second kappa shape index (κ2) is 6.42. The number of aromatic nitrogens is 1. The fourth-order valence-electron chi connectivity index (χ4n) is 2.82. The molecule has 0 bridgehead atoms. The predicted molar refractivity (Wildman–Crippen MR) is 85.4 cm³/mol. The zero-order valence-electron chi connectivity index (χ0n) is 12.4. The lowest BCUT2D eigenvalue weighted by Crippen LogP contribution is -2.47. The topological polar surface area (TPSA) is 43.2 Å². The molecule has 1 atom stereocenters. The Kier molecular flexibility index (Phi) is 4.36. The van der Waals surface area contributed by atoms with Crippen molar-refractivity contribution in [3.05, 3.63) is 46.2 Å². The molecule has 1 aliphatic rings. The highest BCUT2D eigenvalue weighted by Crippen LogP contribution is 2.26. The molecule has 1 unspecified atom stereocenters. The normalized spacial score (nSPS) is 17.2. The van der Waals surface area contributed by atoms with Gasteiger partial charge < -0.3 is 4.90 Å². The van der Waals surface area contributed by atoms with Crippen molar-refractivity contribution in [2.24, 2.45) is 0 Å². The van der Waals surface area contributed by atoms with E-state index in [1.807, 2.05) is 11.6 Å². The average molecular weight is 316 g/mol. The number of nitriles is 1. The van der Waals surface area contributed by atoms with Gasteiger partial charge in [-0.3, -0.25) is 4.90 Å². The first-order valence-corrected chi connectivity index (χ1v) is 8.15. The molecule has 1 aliphatic heterocycles. The monoisotopic (exact) mass is 316 g/mol. The summed E-state index contributed by atoms with van der Waals surface area (Å²) in [7, 11) is 0. The highest BCUT2D eigenvalue weighted by atomic mass is 32.1. The summed E-state index contributed by atoms with van der Waals surface area (Å²) in [6.45, 7) is 5.64. The van der Waals surface area contributed by atoms with E-state index in [2.05, 4.69) is 27.8 Å². The van der Waals surface area contributed by atoms with Crippen LogP contribution in [0.4, 0.5) is 10.1 Å². The van der Waals surface area contributed by atoms with E-state index in [1.54, 1.807) is 17.4 Å². The third kappa shape index (κ3) is 2.96. The Labute approximate surface area is 133 Å². The lowest BCUT2D eigenvalue weighted by molar-refractivity contribution is 0.198. The van der Waals surface area contributed by atoms with Gasteiger partial charge in [-0.15, -0.1) is 11.3 Å². The van der Waals surface area contributed by atoms with E-state index in [-0.39, 0.29) is 5.82 Å². The van der Waals surface area contributed by atoms with Crippen LogP contribution in [-0.2, 0) is 0 Å². The van der Waals surface area contributed by atoms with Crippen LogP contribution in [0.2, 0.25) is 0 Å². The smallest absolute Gasteiger partial charge is 0.124 e. The maximum absolute atomic E-state index is 13.2. The first kappa shape index (κ1) is 14.9. The van der Waals surface area contributed by atoms with Crippen molar-refractivity contribution in [1.29, 1.82) is 5.26 Å². The third-order valence-electron chi connectivity index (χ3n) is 4.09. The second-order valence-electron chi connectivity index (χ2n) is 5.34. The van der Waals surface area contributed by atoms with Crippen molar-refractivity contribution < 1.29 is 4.39 Å². The van der Waals surface area contributed by atoms with E-state index in [4.69, 9.17) is 0 Å². The van der Waals surface area contributed by atoms with Gasteiger partial charge in [-0.05, 0) is 25.1 Å². The van der Waals surface area contributed by atoms with Crippen molar-refractivity contribution in [3.8, 4) is 6.07 Å². The summed E-state index contributed by atoms with van der Waals surface area (Å²) >= 11 is 1.68. The van der Waals surface area contributed by atoms with Crippen LogP contribution in [0.1, 0.15) is 23.5 Å². The Morgan fingerprint density at radius 1 is 1.32 bits per heavy atom. The number of thiazole rings is 1. The minimum atomic E-state index is -0.365. The van der Waals surface area contributed by atoms with Gasteiger partial charge in [0.2, 0.25) is 0 Å². The first-order valence-electron chi connectivity index (χ1n) is 7.27. The van der Waals surface area contributed by atoms with E-state index >= 15 is 0 Å². The minimum Gasteiger partial charge on any atom is -0.368 e.